The summed E-state index contributed by atoms with van der Waals surface area (Å²) in [4.78, 5) is 25.2. The van der Waals surface area contributed by atoms with Crippen molar-refractivity contribution in [3.8, 4) is 11.3 Å². The summed E-state index contributed by atoms with van der Waals surface area (Å²) >= 11 is 2.10. The van der Waals surface area contributed by atoms with E-state index >= 15 is 8.78 Å². The summed E-state index contributed by atoms with van der Waals surface area (Å²) < 4.78 is 32.9. The minimum atomic E-state index is -0.631. The van der Waals surface area contributed by atoms with Crippen molar-refractivity contribution in [2.75, 3.05) is 65.7 Å². The molecule has 2 aliphatic heterocycles. The Balaban J connectivity index is 1.31. The minimum Gasteiger partial charge on any atom is -0.314 e. The van der Waals surface area contributed by atoms with Crippen LogP contribution >= 0.6 is 22.6 Å². The van der Waals surface area contributed by atoms with Gasteiger partial charge in [-0.1, -0.05) is 6.08 Å². The Labute approximate surface area is 266 Å². The molecule has 1 saturated heterocycles. The fourth-order valence-electron chi connectivity index (χ4n) is 5.76. The molecule has 12 heteroatoms. The van der Waals surface area contributed by atoms with E-state index in [1.165, 1.54) is 6.07 Å². The number of likely N-dealkylation sites (N-methyl/N-ethyl adjacent to an activating group) is 2. The molecule has 43 heavy (non-hydrogen) atoms. The Morgan fingerprint density at radius 3 is 2.58 bits per heavy atom. The van der Waals surface area contributed by atoms with E-state index < -0.39 is 11.6 Å². The van der Waals surface area contributed by atoms with Gasteiger partial charge in [0, 0.05) is 56.3 Å². The second-order valence-electron chi connectivity index (χ2n) is 13.2. The van der Waals surface area contributed by atoms with Crippen LogP contribution in [-0.4, -0.2) is 106 Å². The van der Waals surface area contributed by atoms with Gasteiger partial charge in [-0.3, -0.25) is 4.99 Å². The van der Waals surface area contributed by atoms with Crippen LogP contribution < -0.4 is 5.32 Å². The number of nitrogens with one attached hydrogen (secondary N) is 1. The lowest BCUT2D eigenvalue weighted by Crippen LogP contribution is -2.51. The Morgan fingerprint density at radius 1 is 1.09 bits per heavy atom. The van der Waals surface area contributed by atoms with Gasteiger partial charge in [-0.15, -0.1) is 0 Å². The summed E-state index contributed by atoms with van der Waals surface area (Å²) in [5.41, 5.74) is 0.591. The van der Waals surface area contributed by atoms with Gasteiger partial charge in [0.2, 0.25) is 5.95 Å². The molecule has 1 aromatic carbocycles. The van der Waals surface area contributed by atoms with Crippen molar-refractivity contribution in [3.63, 3.8) is 0 Å². The maximum Gasteiger partial charge on any atom is 0.229 e. The average Bonchev–Trinajstić information content (AvgIpc) is 3.28. The highest BCUT2D eigenvalue weighted by atomic mass is 127. The van der Waals surface area contributed by atoms with Crippen LogP contribution in [0.3, 0.4) is 0 Å². The molecular weight excluding hydrogens is 663 g/mol. The number of amidine groups is 1. The van der Waals surface area contributed by atoms with E-state index in [1.54, 1.807) is 6.07 Å². The van der Waals surface area contributed by atoms with E-state index in [0.717, 1.165) is 51.9 Å². The molecule has 2 unspecified atom stereocenters. The zero-order chi connectivity index (χ0) is 31.1. The number of aliphatic imine (C=N–C) groups is 1. The lowest BCUT2D eigenvalue weighted by Gasteiger charge is -2.44. The molecule has 1 N–H and O–H groups in total. The highest BCUT2D eigenvalue weighted by Gasteiger charge is 2.39. The van der Waals surface area contributed by atoms with Gasteiger partial charge in [-0.05, 0) is 96.1 Å². The van der Waals surface area contributed by atoms with Gasteiger partial charge < -0.3 is 24.6 Å². The highest BCUT2D eigenvalue weighted by Crippen LogP contribution is 2.36. The zero-order valence-corrected chi connectivity index (χ0v) is 28.3. The van der Waals surface area contributed by atoms with Crippen molar-refractivity contribution in [1.82, 2.24) is 34.2 Å². The molecule has 3 aromatic rings. The van der Waals surface area contributed by atoms with Crippen LogP contribution in [0.25, 0.3) is 22.3 Å². The standard InChI is InChI=1S/C31H42F2IN9/c1-30(2,3)43-24-17-20(16-22(32)27(24)37-28(43)34)26-23(33)18-35-29(38-26)36-25-9-8-21-19-42(11-10-31(21,4)39-25)15-14-41(7)13-12-40(5)6/h8-9,16-18,21H,10-15,19H2,1-7H3,(H,35,36,38,39). The van der Waals surface area contributed by atoms with Crippen LogP contribution in [0.4, 0.5) is 14.7 Å². The Bertz CT molecular complexity index is 1540. The molecule has 0 bridgehead atoms. The number of likely N-dealkylation sites (tertiary alicyclic amines) is 1. The first-order valence-corrected chi connectivity index (χ1v) is 15.8. The first-order chi connectivity index (χ1) is 20.2. The molecule has 232 valence electrons. The number of hydrogen-bond acceptors (Lipinski definition) is 8. The summed E-state index contributed by atoms with van der Waals surface area (Å²) in [7, 11) is 6.39. The first kappa shape index (κ1) is 31.9. The molecule has 2 aliphatic rings. The van der Waals surface area contributed by atoms with Crippen LogP contribution in [-0.2, 0) is 5.54 Å². The molecule has 0 amide bonds. The van der Waals surface area contributed by atoms with Crippen molar-refractivity contribution >= 4 is 45.4 Å². The molecule has 0 saturated carbocycles. The van der Waals surface area contributed by atoms with Crippen molar-refractivity contribution in [1.29, 1.82) is 0 Å². The first-order valence-electron chi connectivity index (χ1n) is 14.7. The molecule has 1 fully saturated rings. The van der Waals surface area contributed by atoms with Crippen molar-refractivity contribution in [3.05, 3.63) is 45.9 Å². The van der Waals surface area contributed by atoms with Crippen LogP contribution in [0.2, 0.25) is 0 Å². The Hall–Kier alpha value is -2.55. The monoisotopic (exact) mass is 705 g/mol. The second-order valence-corrected chi connectivity index (χ2v) is 14.2. The van der Waals surface area contributed by atoms with E-state index in [2.05, 4.69) is 91.7 Å². The van der Waals surface area contributed by atoms with Crippen molar-refractivity contribution in [2.24, 2.45) is 10.9 Å². The van der Waals surface area contributed by atoms with E-state index in [4.69, 9.17) is 4.99 Å². The molecule has 5 rings (SSSR count). The number of aromatic nitrogens is 4. The average molecular weight is 706 g/mol. The third kappa shape index (κ3) is 7.07. The van der Waals surface area contributed by atoms with E-state index in [1.807, 2.05) is 31.4 Å². The maximum absolute atomic E-state index is 15.2. The quantitative estimate of drug-likeness (QED) is 0.328. The number of benzene rings is 1. The summed E-state index contributed by atoms with van der Waals surface area (Å²) in [5.74, 6) is -0.0110. The number of hydrogen-bond donors (Lipinski definition) is 1. The number of nitrogens with zero attached hydrogens (tertiary/aromatic N) is 8. The number of imidazole rings is 1. The summed E-state index contributed by atoms with van der Waals surface area (Å²) in [6.07, 6.45) is 6.22. The predicted octanol–water partition coefficient (Wildman–Crippen LogP) is 5.09. The number of dihydropyridines is 1. The summed E-state index contributed by atoms with van der Waals surface area (Å²) in [6.45, 7) is 14.4. The molecule has 0 spiro atoms. The number of rotatable bonds is 8. The van der Waals surface area contributed by atoms with Gasteiger partial charge >= 0.3 is 0 Å². The van der Waals surface area contributed by atoms with Gasteiger partial charge in [-0.2, -0.15) is 0 Å². The molecule has 0 aliphatic carbocycles. The fraction of sp³-hybridized carbons (Fsp3) is 0.548. The molecule has 9 nitrogen and oxygen atoms in total. The fourth-order valence-corrected chi connectivity index (χ4v) is 6.98. The Morgan fingerprint density at radius 2 is 1.86 bits per heavy atom. The predicted molar refractivity (Wildman–Crippen MR) is 178 cm³/mol. The summed E-state index contributed by atoms with van der Waals surface area (Å²) in [6, 6.07) is 3.02. The topological polar surface area (TPSA) is 77.7 Å². The van der Waals surface area contributed by atoms with Gasteiger partial charge in [0.1, 0.15) is 17.0 Å². The lowest BCUT2D eigenvalue weighted by atomic mass is 9.78. The van der Waals surface area contributed by atoms with Gasteiger partial charge in [0.05, 0.1) is 17.3 Å². The number of anilines is 1. The van der Waals surface area contributed by atoms with Crippen molar-refractivity contribution in [2.45, 2.75) is 45.2 Å². The number of halogens is 3. The molecule has 2 atom stereocenters. The second kappa shape index (κ2) is 12.4. The molecule has 0 radical (unpaired) electrons. The van der Waals surface area contributed by atoms with E-state index in [0.29, 0.717) is 26.7 Å². The normalized spacial score (nSPS) is 21.1. The van der Waals surface area contributed by atoms with Crippen LogP contribution in [0.15, 0.2) is 35.5 Å². The van der Waals surface area contributed by atoms with E-state index in [-0.39, 0.29) is 28.2 Å². The number of piperidine rings is 1. The minimum absolute atomic E-state index is 0.0169. The third-order valence-electron chi connectivity index (χ3n) is 8.38. The SMILES string of the molecule is CN(C)CCN(C)CCN1CCC2(C)N=C(Nc3ncc(F)c(-c4cc(F)c5nc(I)n(C(C)(C)C)c5c4)n3)C=CC2C1. The number of fused-ring (bicyclic) bond motifs is 2. The van der Waals surface area contributed by atoms with Crippen molar-refractivity contribution < 1.29 is 8.78 Å². The lowest BCUT2D eigenvalue weighted by molar-refractivity contribution is 0.119. The van der Waals surface area contributed by atoms with Gasteiger partial charge in [-0.25, -0.2) is 23.7 Å². The van der Waals surface area contributed by atoms with Crippen LogP contribution in [0, 0.1) is 21.4 Å². The third-order valence-corrected chi connectivity index (χ3v) is 9.10. The maximum atomic E-state index is 15.2. The Kier molecular flexibility index (Phi) is 9.22. The zero-order valence-electron chi connectivity index (χ0n) is 26.1. The van der Waals surface area contributed by atoms with Crippen LogP contribution in [0.5, 0.6) is 0 Å². The molecular formula is C31H42F2IN9. The smallest absolute Gasteiger partial charge is 0.229 e. The highest BCUT2D eigenvalue weighted by molar-refractivity contribution is 14.1. The van der Waals surface area contributed by atoms with Crippen LogP contribution in [0.1, 0.15) is 34.1 Å². The molecule has 2 aromatic heterocycles. The largest absolute Gasteiger partial charge is 0.314 e. The van der Waals surface area contributed by atoms with E-state index in [9.17, 15) is 0 Å². The van der Waals surface area contributed by atoms with Gasteiger partial charge in [0.15, 0.2) is 15.5 Å². The molecule has 4 heterocycles. The van der Waals surface area contributed by atoms with Gasteiger partial charge in [0.25, 0.3) is 0 Å². The summed E-state index contributed by atoms with van der Waals surface area (Å²) in [5, 5.41) is 3.18.